The molecule has 6 heteroatoms. The third-order valence-corrected chi connectivity index (χ3v) is 6.49. The fourth-order valence-electron chi connectivity index (χ4n) is 4.61. The molecule has 1 unspecified atom stereocenters. The summed E-state index contributed by atoms with van der Waals surface area (Å²) in [5.41, 5.74) is 5.58. The number of benzene rings is 3. The van der Waals surface area contributed by atoms with Gasteiger partial charge in [-0.3, -0.25) is 4.90 Å². The summed E-state index contributed by atoms with van der Waals surface area (Å²) >= 11 is 6.27. The molecule has 5 nitrogen and oxygen atoms in total. The first-order valence-corrected chi connectivity index (χ1v) is 11.9. The van der Waals surface area contributed by atoms with E-state index in [0.29, 0.717) is 6.04 Å². The minimum Gasteiger partial charge on any atom is -0.508 e. The Morgan fingerprint density at radius 3 is 2.09 bits per heavy atom. The molecule has 0 amide bonds. The highest BCUT2D eigenvalue weighted by molar-refractivity contribution is 6.28. The van der Waals surface area contributed by atoms with Crippen molar-refractivity contribution in [3.8, 4) is 5.75 Å². The van der Waals surface area contributed by atoms with Crippen molar-refractivity contribution >= 4 is 23.1 Å². The van der Waals surface area contributed by atoms with Gasteiger partial charge in [-0.15, -0.1) is 0 Å². The Hall–Kier alpha value is -3.41. The number of nitrogens with one attached hydrogen (secondary N) is 1. The van der Waals surface area contributed by atoms with Gasteiger partial charge >= 0.3 is 0 Å². The van der Waals surface area contributed by atoms with Crippen LogP contribution in [-0.2, 0) is 25.9 Å². The highest BCUT2D eigenvalue weighted by Gasteiger charge is 2.28. The lowest BCUT2D eigenvalue weighted by atomic mass is 9.90. The van der Waals surface area contributed by atoms with Crippen molar-refractivity contribution in [2.45, 2.75) is 38.4 Å². The number of halogens is 1. The molecule has 2 N–H and O–H groups in total. The van der Waals surface area contributed by atoms with Crippen LogP contribution >= 0.6 is 11.6 Å². The molecule has 4 aromatic rings. The Kier molecular flexibility index (Phi) is 6.74. The van der Waals surface area contributed by atoms with Crippen LogP contribution in [0.4, 0.5) is 11.5 Å². The summed E-state index contributed by atoms with van der Waals surface area (Å²) in [5, 5.41) is 13.3. The minimum absolute atomic E-state index is 0.228. The normalized spacial score (nSPS) is 15.2. The van der Waals surface area contributed by atoms with Crippen molar-refractivity contribution in [3.63, 3.8) is 0 Å². The molecule has 0 aliphatic heterocycles. The molecule has 3 aromatic carbocycles. The number of rotatable bonds is 7. The second kappa shape index (κ2) is 10.2. The van der Waals surface area contributed by atoms with Gasteiger partial charge in [0, 0.05) is 30.4 Å². The molecule has 0 radical (unpaired) electrons. The summed E-state index contributed by atoms with van der Waals surface area (Å²) in [7, 11) is 0. The van der Waals surface area contributed by atoms with E-state index in [0.717, 1.165) is 55.1 Å². The molecule has 1 aromatic heterocycles. The first kappa shape index (κ1) is 22.4. The average Bonchev–Trinajstić information content (AvgIpc) is 2.86. The smallest absolute Gasteiger partial charge is 0.224 e. The Morgan fingerprint density at radius 1 is 0.853 bits per heavy atom. The zero-order chi connectivity index (χ0) is 23.3. The standard InChI is InChI=1S/C28H27ClN4O/c29-28-31-26-16-13-23(17-25(26)27(32-28)30-22-11-14-24(34)15-12-22)33(18-20-7-3-1-4-8-20)19-21-9-5-2-6-10-21/h1-12,14-15,23,34H,13,16-19H2,(H,30,31,32). The maximum absolute atomic E-state index is 9.62. The van der Waals surface area contributed by atoms with Crippen LogP contribution in [0.5, 0.6) is 5.75 Å². The van der Waals surface area contributed by atoms with E-state index in [-0.39, 0.29) is 11.0 Å². The van der Waals surface area contributed by atoms with Crippen molar-refractivity contribution in [3.05, 3.63) is 113 Å². The first-order valence-electron chi connectivity index (χ1n) is 11.6. The molecule has 1 heterocycles. The molecule has 0 spiro atoms. The van der Waals surface area contributed by atoms with E-state index >= 15 is 0 Å². The van der Waals surface area contributed by atoms with Crippen LogP contribution < -0.4 is 5.32 Å². The Labute approximate surface area is 205 Å². The van der Waals surface area contributed by atoms with Crippen LogP contribution in [0.1, 0.15) is 28.8 Å². The molecule has 0 bridgehead atoms. The molecule has 5 rings (SSSR count). The summed E-state index contributed by atoms with van der Waals surface area (Å²) < 4.78 is 0. The number of anilines is 2. The molecule has 34 heavy (non-hydrogen) atoms. The van der Waals surface area contributed by atoms with Gasteiger partial charge in [-0.1, -0.05) is 60.7 Å². The van der Waals surface area contributed by atoms with Gasteiger partial charge < -0.3 is 10.4 Å². The quantitative estimate of drug-likeness (QED) is 0.251. The van der Waals surface area contributed by atoms with Gasteiger partial charge in [0.15, 0.2) is 0 Å². The summed E-state index contributed by atoms with van der Waals surface area (Å²) in [6.07, 6.45) is 2.71. The van der Waals surface area contributed by atoms with Gasteiger partial charge in [-0.25, -0.2) is 9.97 Å². The highest BCUT2D eigenvalue weighted by atomic mass is 35.5. The number of aromatic hydroxyl groups is 1. The van der Waals surface area contributed by atoms with Crippen molar-refractivity contribution < 1.29 is 5.11 Å². The molecule has 1 aliphatic carbocycles. The zero-order valence-electron chi connectivity index (χ0n) is 18.9. The number of phenols is 1. The number of nitrogens with zero attached hydrogens (tertiary/aromatic N) is 3. The summed E-state index contributed by atoms with van der Waals surface area (Å²) in [4.78, 5) is 11.6. The first-order chi connectivity index (χ1) is 16.6. The Bertz CT molecular complexity index is 1190. The van der Waals surface area contributed by atoms with Crippen LogP contribution in [-0.4, -0.2) is 26.0 Å². The summed E-state index contributed by atoms with van der Waals surface area (Å²) in [6, 6.07) is 28.6. The predicted octanol–water partition coefficient (Wildman–Crippen LogP) is 6.14. The monoisotopic (exact) mass is 470 g/mol. The third-order valence-electron chi connectivity index (χ3n) is 6.32. The fourth-order valence-corrected chi connectivity index (χ4v) is 4.80. The van der Waals surface area contributed by atoms with Crippen LogP contribution in [0.3, 0.4) is 0 Å². The highest BCUT2D eigenvalue weighted by Crippen LogP contribution is 2.32. The van der Waals surface area contributed by atoms with E-state index in [1.165, 1.54) is 11.1 Å². The average molecular weight is 471 g/mol. The van der Waals surface area contributed by atoms with Gasteiger partial charge in [0.05, 0.1) is 5.69 Å². The Balaban J connectivity index is 1.43. The Morgan fingerprint density at radius 2 is 1.47 bits per heavy atom. The molecule has 1 aliphatic rings. The van der Waals surface area contributed by atoms with E-state index in [2.05, 4.69) is 80.8 Å². The lowest BCUT2D eigenvalue weighted by Gasteiger charge is -2.35. The number of hydrogen-bond donors (Lipinski definition) is 2. The van der Waals surface area contributed by atoms with E-state index in [1.807, 2.05) is 12.1 Å². The molecular weight excluding hydrogens is 444 g/mol. The third kappa shape index (κ3) is 5.38. The van der Waals surface area contributed by atoms with Crippen LogP contribution in [0.15, 0.2) is 84.9 Å². The second-order valence-electron chi connectivity index (χ2n) is 8.71. The minimum atomic E-state index is 0.228. The second-order valence-corrected chi connectivity index (χ2v) is 9.05. The predicted molar refractivity (Wildman–Crippen MR) is 136 cm³/mol. The lowest BCUT2D eigenvalue weighted by molar-refractivity contribution is 0.161. The molecule has 0 fully saturated rings. The van der Waals surface area contributed by atoms with Gasteiger partial charge in [0.2, 0.25) is 5.28 Å². The number of fused-ring (bicyclic) bond motifs is 1. The van der Waals surface area contributed by atoms with E-state index < -0.39 is 0 Å². The largest absolute Gasteiger partial charge is 0.508 e. The summed E-state index contributed by atoms with van der Waals surface area (Å²) in [6.45, 7) is 1.76. The van der Waals surface area contributed by atoms with Crippen molar-refractivity contribution in [2.75, 3.05) is 5.32 Å². The van der Waals surface area contributed by atoms with Gasteiger partial charge in [-0.2, -0.15) is 0 Å². The van der Waals surface area contributed by atoms with Crippen LogP contribution in [0.25, 0.3) is 0 Å². The molecule has 0 saturated carbocycles. The molecule has 172 valence electrons. The number of phenolic OH excluding ortho intramolecular Hbond substituents is 1. The number of aryl methyl sites for hydroxylation is 1. The maximum Gasteiger partial charge on any atom is 0.224 e. The molecule has 1 atom stereocenters. The van der Waals surface area contributed by atoms with Crippen molar-refractivity contribution in [2.24, 2.45) is 0 Å². The fraction of sp³-hybridized carbons (Fsp3) is 0.214. The van der Waals surface area contributed by atoms with E-state index in [9.17, 15) is 5.11 Å². The van der Waals surface area contributed by atoms with Gasteiger partial charge in [0.25, 0.3) is 0 Å². The number of aromatic nitrogens is 2. The number of hydrogen-bond acceptors (Lipinski definition) is 5. The van der Waals surface area contributed by atoms with E-state index in [4.69, 9.17) is 11.6 Å². The molecule has 0 saturated heterocycles. The van der Waals surface area contributed by atoms with Crippen molar-refractivity contribution in [1.82, 2.24) is 14.9 Å². The van der Waals surface area contributed by atoms with Gasteiger partial charge in [0.1, 0.15) is 11.6 Å². The zero-order valence-corrected chi connectivity index (χ0v) is 19.6. The van der Waals surface area contributed by atoms with Crippen LogP contribution in [0, 0.1) is 0 Å². The molecular formula is C28H27ClN4O. The van der Waals surface area contributed by atoms with Gasteiger partial charge in [-0.05, 0) is 66.3 Å². The topological polar surface area (TPSA) is 61.3 Å². The summed E-state index contributed by atoms with van der Waals surface area (Å²) in [5.74, 6) is 0.968. The van der Waals surface area contributed by atoms with Crippen molar-refractivity contribution in [1.29, 1.82) is 0 Å². The van der Waals surface area contributed by atoms with E-state index in [1.54, 1.807) is 12.1 Å². The maximum atomic E-state index is 9.62. The van der Waals surface area contributed by atoms with Crippen LogP contribution in [0.2, 0.25) is 5.28 Å². The lowest BCUT2D eigenvalue weighted by Crippen LogP contribution is -2.39. The SMILES string of the molecule is Oc1ccc(Nc2nc(Cl)nc3c2CC(N(Cc2ccccc2)Cc2ccccc2)CC3)cc1.